The van der Waals surface area contributed by atoms with Gasteiger partial charge >= 0.3 is 5.69 Å². The second-order valence-electron chi connectivity index (χ2n) is 4.46. The number of carbonyl (C=O) groups excluding carboxylic acids is 1. The molecule has 2 N–H and O–H groups in total. The highest BCUT2D eigenvalue weighted by atomic mass is 35.5. The topological polar surface area (TPSA) is 93.5 Å². The summed E-state index contributed by atoms with van der Waals surface area (Å²) in [5.74, 6) is -0.0745. The number of likely N-dealkylation sites (N-methyl/N-ethyl adjacent to an activating group) is 1. The zero-order valence-corrected chi connectivity index (χ0v) is 13.9. The van der Waals surface area contributed by atoms with Crippen molar-refractivity contribution in [3.8, 4) is 5.75 Å². The molecule has 0 aliphatic carbocycles. The van der Waals surface area contributed by atoms with Gasteiger partial charge < -0.3 is 15.4 Å². The summed E-state index contributed by atoms with van der Waals surface area (Å²) in [4.78, 5) is 21.8. The highest BCUT2D eigenvalue weighted by molar-refractivity contribution is 6.30. The summed E-state index contributed by atoms with van der Waals surface area (Å²) in [5, 5.41) is 16.8. The molecule has 1 aromatic rings. The molecule has 22 heavy (non-hydrogen) atoms. The van der Waals surface area contributed by atoms with Crippen LogP contribution >= 0.6 is 24.0 Å². The maximum atomic E-state index is 11.6. The second kappa shape index (κ2) is 10.2. The van der Waals surface area contributed by atoms with Crippen LogP contribution in [-0.2, 0) is 4.79 Å². The largest absolute Gasteiger partial charge is 0.486 e. The van der Waals surface area contributed by atoms with Crippen molar-refractivity contribution in [1.29, 1.82) is 0 Å². The Bertz CT molecular complexity index is 514. The first-order chi connectivity index (χ1) is 9.93. The van der Waals surface area contributed by atoms with Crippen molar-refractivity contribution < 1.29 is 14.5 Å². The van der Waals surface area contributed by atoms with Gasteiger partial charge in [-0.25, -0.2) is 0 Å². The normalized spacial score (nSPS) is 11.2. The number of nitrogens with one attached hydrogen (secondary N) is 2. The highest BCUT2D eigenvalue weighted by Gasteiger charge is 2.16. The lowest BCUT2D eigenvalue weighted by Crippen LogP contribution is -2.37. The van der Waals surface area contributed by atoms with E-state index in [0.29, 0.717) is 6.54 Å². The number of benzene rings is 1. The van der Waals surface area contributed by atoms with Gasteiger partial charge in [-0.3, -0.25) is 14.9 Å². The van der Waals surface area contributed by atoms with E-state index in [1.54, 1.807) is 7.05 Å². The molecule has 1 aromatic carbocycles. The average Bonchev–Trinajstić information content (AvgIpc) is 2.45. The number of carbonyl (C=O) groups is 1. The molecule has 0 aromatic heterocycles. The number of nitro groups is 1. The van der Waals surface area contributed by atoms with Crippen LogP contribution in [0.4, 0.5) is 5.69 Å². The molecule has 1 rings (SSSR count). The summed E-state index contributed by atoms with van der Waals surface area (Å²) in [5.41, 5.74) is -0.216. The van der Waals surface area contributed by atoms with E-state index >= 15 is 0 Å². The van der Waals surface area contributed by atoms with E-state index in [1.807, 2.05) is 6.92 Å². The fourth-order valence-corrected chi connectivity index (χ4v) is 1.63. The maximum Gasteiger partial charge on any atom is 0.312 e. The minimum atomic E-state index is -0.574. The minimum absolute atomic E-state index is 0. The van der Waals surface area contributed by atoms with E-state index in [0.717, 1.165) is 0 Å². The molecule has 7 nitrogen and oxygen atoms in total. The molecule has 0 aliphatic heterocycles. The van der Waals surface area contributed by atoms with Gasteiger partial charge in [0.2, 0.25) is 5.91 Å². The van der Waals surface area contributed by atoms with E-state index in [1.165, 1.54) is 18.2 Å². The van der Waals surface area contributed by atoms with Crippen molar-refractivity contribution in [3.63, 3.8) is 0 Å². The molecule has 0 spiro atoms. The Morgan fingerprint density at radius 1 is 1.50 bits per heavy atom. The van der Waals surface area contributed by atoms with Crippen LogP contribution < -0.4 is 15.4 Å². The van der Waals surface area contributed by atoms with Crippen molar-refractivity contribution in [2.24, 2.45) is 0 Å². The van der Waals surface area contributed by atoms with E-state index in [2.05, 4.69) is 10.6 Å². The van der Waals surface area contributed by atoms with Gasteiger partial charge in [0.1, 0.15) is 0 Å². The van der Waals surface area contributed by atoms with E-state index < -0.39 is 4.92 Å². The van der Waals surface area contributed by atoms with Gasteiger partial charge in [-0.1, -0.05) is 11.6 Å². The Labute approximate surface area is 139 Å². The standard InChI is InChI=1S/C13H18ClN3O4.ClH/c1-9(15-2)8-16-13(18)5-6-21-12-4-3-10(14)7-11(12)17(19)20;/h3-4,7,9,15H,5-6,8H2,1-2H3,(H,16,18);1H. The number of ether oxygens (including phenoxy) is 1. The summed E-state index contributed by atoms with van der Waals surface area (Å²) in [6.45, 7) is 2.51. The zero-order chi connectivity index (χ0) is 15.8. The molecule has 124 valence electrons. The molecule has 1 unspecified atom stereocenters. The van der Waals surface area contributed by atoms with Crippen molar-refractivity contribution in [2.75, 3.05) is 20.2 Å². The number of rotatable bonds is 8. The first-order valence-electron chi connectivity index (χ1n) is 6.44. The molecule has 0 saturated carbocycles. The summed E-state index contributed by atoms with van der Waals surface area (Å²) < 4.78 is 5.28. The smallest absolute Gasteiger partial charge is 0.312 e. The van der Waals surface area contributed by atoms with Gasteiger partial charge in [-0.05, 0) is 26.1 Å². The Morgan fingerprint density at radius 3 is 2.77 bits per heavy atom. The molecule has 0 fully saturated rings. The van der Waals surface area contributed by atoms with Crippen molar-refractivity contribution in [1.82, 2.24) is 10.6 Å². The predicted molar refractivity (Wildman–Crippen MR) is 87.0 cm³/mol. The van der Waals surface area contributed by atoms with Gasteiger partial charge in [0.25, 0.3) is 0 Å². The molecule has 0 bridgehead atoms. The van der Waals surface area contributed by atoms with Crippen LogP contribution in [0.15, 0.2) is 18.2 Å². The van der Waals surface area contributed by atoms with Crippen LogP contribution in [0.25, 0.3) is 0 Å². The lowest BCUT2D eigenvalue weighted by molar-refractivity contribution is -0.385. The Hall–Kier alpha value is -1.57. The predicted octanol–water partition coefficient (Wildman–Crippen LogP) is 2.16. The Balaban J connectivity index is 0.00000441. The third-order valence-electron chi connectivity index (χ3n) is 2.80. The molecule has 0 heterocycles. The minimum Gasteiger partial charge on any atom is -0.486 e. The molecule has 1 atom stereocenters. The van der Waals surface area contributed by atoms with Crippen molar-refractivity contribution >= 4 is 35.6 Å². The van der Waals surface area contributed by atoms with Crippen LogP contribution in [0.3, 0.4) is 0 Å². The number of hydrogen-bond acceptors (Lipinski definition) is 5. The fourth-order valence-electron chi connectivity index (χ4n) is 1.47. The molecular formula is C13H19Cl2N3O4. The van der Waals surface area contributed by atoms with Gasteiger partial charge in [-0.15, -0.1) is 12.4 Å². The first-order valence-corrected chi connectivity index (χ1v) is 6.82. The molecule has 0 saturated heterocycles. The van der Waals surface area contributed by atoms with Gasteiger partial charge in [0.15, 0.2) is 5.75 Å². The maximum absolute atomic E-state index is 11.6. The summed E-state index contributed by atoms with van der Waals surface area (Å²) in [6, 6.07) is 4.30. The average molecular weight is 352 g/mol. The number of nitrogens with zero attached hydrogens (tertiary/aromatic N) is 1. The summed E-state index contributed by atoms with van der Waals surface area (Å²) >= 11 is 5.70. The van der Waals surface area contributed by atoms with E-state index in [-0.39, 0.29) is 53.8 Å². The van der Waals surface area contributed by atoms with Crippen LogP contribution in [0.2, 0.25) is 5.02 Å². The summed E-state index contributed by atoms with van der Waals surface area (Å²) in [6.07, 6.45) is 0.121. The number of amides is 1. The van der Waals surface area contributed by atoms with Crippen LogP contribution in [0, 0.1) is 10.1 Å². The Morgan fingerprint density at radius 2 is 2.18 bits per heavy atom. The lowest BCUT2D eigenvalue weighted by atomic mass is 10.3. The number of nitro benzene ring substituents is 1. The molecular weight excluding hydrogens is 333 g/mol. The van der Waals surface area contributed by atoms with Crippen molar-refractivity contribution in [2.45, 2.75) is 19.4 Å². The molecule has 1 amide bonds. The SMILES string of the molecule is CNC(C)CNC(=O)CCOc1ccc(Cl)cc1[N+](=O)[O-].Cl. The second-order valence-corrected chi connectivity index (χ2v) is 4.90. The third kappa shape index (κ3) is 6.93. The fraction of sp³-hybridized carbons (Fsp3) is 0.462. The third-order valence-corrected chi connectivity index (χ3v) is 3.04. The quantitative estimate of drug-likeness (QED) is 0.552. The van der Waals surface area contributed by atoms with Gasteiger partial charge in [-0.2, -0.15) is 0 Å². The number of halogens is 2. The summed E-state index contributed by atoms with van der Waals surface area (Å²) in [7, 11) is 1.81. The molecule has 9 heteroatoms. The monoisotopic (exact) mass is 351 g/mol. The Kier molecular flexibility index (Phi) is 9.48. The molecule has 0 radical (unpaired) electrons. The van der Waals surface area contributed by atoms with Crippen LogP contribution in [0.1, 0.15) is 13.3 Å². The number of hydrogen-bond donors (Lipinski definition) is 2. The van der Waals surface area contributed by atoms with Gasteiger partial charge in [0.05, 0.1) is 18.0 Å². The van der Waals surface area contributed by atoms with E-state index in [4.69, 9.17) is 16.3 Å². The molecule has 0 aliphatic rings. The van der Waals surface area contributed by atoms with Crippen molar-refractivity contribution in [3.05, 3.63) is 33.3 Å². The van der Waals surface area contributed by atoms with Crippen LogP contribution in [0.5, 0.6) is 5.75 Å². The first kappa shape index (κ1) is 20.4. The van der Waals surface area contributed by atoms with Crippen LogP contribution in [-0.4, -0.2) is 37.1 Å². The lowest BCUT2D eigenvalue weighted by Gasteiger charge is -2.11. The van der Waals surface area contributed by atoms with Gasteiger partial charge in [0, 0.05) is 23.7 Å². The highest BCUT2D eigenvalue weighted by Crippen LogP contribution is 2.29. The van der Waals surface area contributed by atoms with E-state index in [9.17, 15) is 14.9 Å². The zero-order valence-electron chi connectivity index (χ0n) is 12.3.